The Hall–Kier alpha value is -0.930. The average molecular weight is 295 g/mol. The highest BCUT2D eigenvalue weighted by Gasteiger charge is 2.33. The Morgan fingerprint density at radius 2 is 2.00 bits per heavy atom. The van der Waals surface area contributed by atoms with Crippen molar-refractivity contribution in [3.63, 3.8) is 0 Å². The highest BCUT2D eigenvalue weighted by atomic mass is 19.1. The molecule has 21 heavy (non-hydrogen) atoms. The molecule has 1 aromatic carbocycles. The molecule has 3 heteroatoms. The second-order valence-corrected chi connectivity index (χ2v) is 5.88. The van der Waals surface area contributed by atoms with E-state index in [2.05, 4.69) is 26.1 Å². The second kappa shape index (κ2) is 8.50. The number of aryl methyl sites for hydroxylation is 1. The molecular weight excluding hydrogens is 265 g/mol. The van der Waals surface area contributed by atoms with Crippen LogP contribution >= 0.6 is 0 Å². The minimum Gasteiger partial charge on any atom is -0.374 e. The Morgan fingerprint density at radius 1 is 1.29 bits per heavy atom. The van der Waals surface area contributed by atoms with Crippen LogP contribution in [-0.4, -0.2) is 24.8 Å². The third-order valence-corrected chi connectivity index (χ3v) is 4.28. The molecule has 0 amide bonds. The molecule has 2 atom stereocenters. The summed E-state index contributed by atoms with van der Waals surface area (Å²) in [6, 6.07) is 5.28. The van der Waals surface area contributed by atoms with E-state index < -0.39 is 0 Å². The highest BCUT2D eigenvalue weighted by molar-refractivity contribution is 5.28. The summed E-state index contributed by atoms with van der Waals surface area (Å²) in [5, 5.41) is 3.62. The van der Waals surface area contributed by atoms with Gasteiger partial charge in [-0.2, -0.15) is 0 Å². The molecule has 1 rings (SSSR count). The van der Waals surface area contributed by atoms with Gasteiger partial charge in [0.05, 0.1) is 5.60 Å². The first-order chi connectivity index (χ1) is 9.96. The lowest BCUT2D eigenvalue weighted by Gasteiger charge is -2.38. The van der Waals surface area contributed by atoms with E-state index in [0.29, 0.717) is 6.61 Å². The summed E-state index contributed by atoms with van der Waals surface area (Å²) in [5.41, 5.74) is 1.99. The molecule has 0 radical (unpaired) electrons. The van der Waals surface area contributed by atoms with Gasteiger partial charge >= 0.3 is 0 Å². The van der Waals surface area contributed by atoms with E-state index in [9.17, 15) is 4.39 Å². The summed E-state index contributed by atoms with van der Waals surface area (Å²) >= 11 is 0. The van der Waals surface area contributed by atoms with Gasteiger partial charge in [-0.3, -0.25) is 0 Å². The van der Waals surface area contributed by atoms with Gasteiger partial charge in [0.15, 0.2) is 0 Å². The largest absolute Gasteiger partial charge is 0.374 e. The fourth-order valence-electron chi connectivity index (χ4n) is 2.71. The lowest BCUT2D eigenvalue weighted by molar-refractivity contribution is -0.0549. The third-order valence-electron chi connectivity index (χ3n) is 4.28. The zero-order chi connectivity index (χ0) is 15.9. The van der Waals surface area contributed by atoms with Crippen molar-refractivity contribution in [3.8, 4) is 0 Å². The Kier molecular flexibility index (Phi) is 7.33. The zero-order valence-electron chi connectivity index (χ0n) is 14.1. The van der Waals surface area contributed by atoms with Crippen LogP contribution < -0.4 is 5.32 Å². The van der Waals surface area contributed by atoms with Crippen molar-refractivity contribution in [1.82, 2.24) is 5.32 Å². The molecule has 0 spiro atoms. The summed E-state index contributed by atoms with van der Waals surface area (Å²) in [6.07, 6.45) is 2.89. The number of hydrogen-bond donors (Lipinski definition) is 1. The third kappa shape index (κ3) is 5.08. The minimum absolute atomic E-state index is 0.169. The predicted molar refractivity (Wildman–Crippen MR) is 87.2 cm³/mol. The molecule has 0 aliphatic rings. The van der Waals surface area contributed by atoms with Gasteiger partial charge < -0.3 is 10.1 Å². The summed E-state index contributed by atoms with van der Waals surface area (Å²) in [6.45, 7) is 12.2. The topological polar surface area (TPSA) is 21.3 Å². The first kappa shape index (κ1) is 18.1. The van der Waals surface area contributed by atoms with Gasteiger partial charge in [-0.1, -0.05) is 19.9 Å². The molecule has 1 N–H and O–H groups in total. The quantitative estimate of drug-likeness (QED) is 0.735. The molecule has 0 aliphatic carbocycles. The Bertz CT molecular complexity index is 435. The van der Waals surface area contributed by atoms with Crippen LogP contribution in [0.3, 0.4) is 0 Å². The maximum atomic E-state index is 13.3. The van der Waals surface area contributed by atoms with Gasteiger partial charge in [-0.25, -0.2) is 4.39 Å². The normalized spacial score (nSPS) is 15.7. The van der Waals surface area contributed by atoms with Gasteiger partial charge in [0, 0.05) is 12.6 Å². The van der Waals surface area contributed by atoms with Crippen molar-refractivity contribution in [2.75, 3.05) is 13.2 Å². The lowest BCUT2D eigenvalue weighted by atomic mass is 9.87. The van der Waals surface area contributed by atoms with E-state index in [0.717, 1.165) is 31.4 Å². The van der Waals surface area contributed by atoms with Crippen LogP contribution in [0.15, 0.2) is 18.2 Å². The van der Waals surface area contributed by atoms with Crippen LogP contribution in [0.25, 0.3) is 0 Å². The SMILES string of the molecule is CCCNC(Cc1ccc(F)cc1C)C(C)(CC)OCC. The fraction of sp³-hybridized carbons (Fsp3) is 0.667. The van der Waals surface area contributed by atoms with E-state index >= 15 is 0 Å². The number of ether oxygens (including phenoxy) is 1. The number of halogens is 1. The Labute approximate surface area is 129 Å². The molecule has 2 unspecified atom stereocenters. The Morgan fingerprint density at radius 3 is 2.52 bits per heavy atom. The van der Waals surface area contributed by atoms with Gasteiger partial charge in [-0.15, -0.1) is 0 Å². The van der Waals surface area contributed by atoms with Gasteiger partial charge in [-0.05, 0) is 69.8 Å². The van der Waals surface area contributed by atoms with Gasteiger partial charge in [0.2, 0.25) is 0 Å². The first-order valence-electron chi connectivity index (χ1n) is 8.09. The molecule has 0 aromatic heterocycles. The number of hydrogen-bond acceptors (Lipinski definition) is 2. The molecule has 0 heterocycles. The molecular formula is C18H30FNO. The molecule has 120 valence electrons. The van der Waals surface area contributed by atoms with Gasteiger partial charge in [0.1, 0.15) is 5.82 Å². The predicted octanol–water partition coefficient (Wildman–Crippen LogP) is 4.25. The molecule has 0 aliphatic heterocycles. The summed E-state index contributed by atoms with van der Waals surface area (Å²) in [7, 11) is 0. The highest BCUT2D eigenvalue weighted by Crippen LogP contribution is 2.24. The van der Waals surface area contributed by atoms with Crippen LogP contribution in [0.5, 0.6) is 0 Å². The average Bonchev–Trinajstić information content (AvgIpc) is 2.45. The number of rotatable bonds is 9. The zero-order valence-corrected chi connectivity index (χ0v) is 14.1. The summed E-state index contributed by atoms with van der Waals surface area (Å²) < 4.78 is 19.3. The molecule has 0 fully saturated rings. The standard InChI is InChI=1S/C18H30FNO/c1-6-11-20-17(18(5,7-2)21-8-3)13-15-9-10-16(19)12-14(15)4/h9-10,12,17,20H,6-8,11,13H2,1-5H3. The van der Waals surface area contributed by atoms with Crippen molar-refractivity contribution in [1.29, 1.82) is 0 Å². The van der Waals surface area contributed by atoms with Gasteiger partial charge in [0.25, 0.3) is 0 Å². The van der Waals surface area contributed by atoms with E-state index in [1.165, 1.54) is 5.56 Å². The maximum absolute atomic E-state index is 13.3. The second-order valence-electron chi connectivity index (χ2n) is 5.88. The van der Waals surface area contributed by atoms with Crippen molar-refractivity contribution in [2.24, 2.45) is 0 Å². The van der Waals surface area contributed by atoms with E-state index in [1.807, 2.05) is 19.9 Å². The van der Waals surface area contributed by atoms with E-state index in [4.69, 9.17) is 4.74 Å². The maximum Gasteiger partial charge on any atom is 0.123 e. The van der Waals surface area contributed by atoms with Crippen molar-refractivity contribution in [3.05, 3.63) is 35.1 Å². The van der Waals surface area contributed by atoms with Crippen molar-refractivity contribution in [2.45, 2.75) is 65.5 Å². The van der Waals surface area contributed by atoms with E-state index in [-0.39, 0.29) is 17.5 Å². The smallest absolute Gasteiger partial charge is 0.123 e. The fourth-order valence-corrected chi connectivity index (χ4v) is 2.71. The van der Waals surface area contributed by atoms with E-state index in [1.54, 1.807) is 12.1 Å². The van der Waals surface area contributed by atoms with Crippen LogP contribution in [0, 0.1) is 12.7 Å². The monoisotopic (exact) mass is 295 g/mol. The van der Waals surface area contributed by atoms with Crippen LogP contribution in [0.1, 0.15) is 51.7 Å². The first-order valence-corrected chi connectivity index (χ1v) is 8.09. The number of nitrogens with one attached hydrogen (secondary N) is 1. The molecule has 0 saturated carbocycles. The van der Waals surface area contributed by atoms with Crippen LogP contribution in [-0.2, 0) is 11.2 Å². The molecule has 0 saturated heterocycles. The summed E-state index contributed by atoms with van der Waals surface area (Å²) in [4.78, 5) is 0. The van der Waals surface area contributed by atoms with Crippen LogP contribution in [0.2, 0.25) is 0 Å². The molecule has 2 nitrogen and oxygen atoms in total. The minimum atomic E-state index is -0.204. The number of benzene rings is 1. The lowest BCUT2D eigenvalue weighted by Crippen LogP contribution is -2.52. The Balaban J connectivity index is 2.96. The summed E-state index contributed by atoms with van der Waals surface area (Å²) in [5.74, 6) is -0.169. The van der Waals surface area contributed by atoms with Crippen molar-refractivity contribution < 1.29 is 9.13 Å². The molecule has 1 aromatic rings. The molecule has 0 bridgehead atoms. The van der Waals surface area contributed by atoms with Crippen molar-refractivity contribution >= 4 is 0 Å². The van der Waals surface area contributed by atoms with Crippen LogP contribution in [0.4, 0.5) is 4.39 Å².